The molecule has 1 heterocycles. The third kappa shape index (κ3) is 7.58. The summed E-state index contributed by atoms with van der Waals surface area (Å²) in [5, 5.41) is 3.64. The molecule has 0 aliphatic rings. The molecule has 1 N–H and O–H groups in total. The van der Waals surface area contributed by atoms with Crippen LogP contribution in [-0.2, 0) is 6.54 Å². The molecule has 120 valence electrons. The minimum absolute atomic E-state index is 0.681. The van der Waals surface area contributed by atoms with Crippen molar-refractivity contribution in [2.75, 3.05) is 19.6 Å². The summed E-state index contributed by atoms with van der Waals surface area (Å²) in [4.78, 5) is 7.10. The highest BCUT2D eigenvalue weighted by molar-refractivity contribution is 5.09. The third-order valence-electron chi connectivity index (χ3n) is 3.98. The zero-order chi connectivity index (χ0) is 15.5. The van der Waals surface area contributed by atoms with Gasteiger partial charge in [-0.05, 0) is 64.4 Å². The number of aromatic nitrogens is 1. The monoisotopic (exact) mass is 291 g/mol. The van der Waals surface area contributed by atoms with Gasteiger partial charge in [0.1, 0.15) is 0 Å². The summed E-state index contributed by atoms with van der Waals surface area (Å²) in [6, 6.07) is 6.98. The maximum atomic E-state index is 4.61. The predicted octanol–water partition coefficient (Wildman–Crippen LogP) is 3.77. The number of hydrogen-bond acceptors (Lipinski definition) is 3. The first-order valence-electron chi connectivity index (χ1n) is 8.57. The molecule has 1 rings (SSSR count). The highest BCUT2D eigenvalue weighted by Crippen LogP contribution is 2.07. The van der Waals surface area contributed by atoms with E-state index in [0.717, 1.165) is 31.9 Å². The molecule has 0 saturated carbocycles. The van der Waals surface area contributed by atoms with Crippen LogP contribution in [0.5, 0.6) is 0 Å². The lowest BCUT2D eigenvalue weighted by molar-refractivity contribution is 0.263. The largest absolute Gasteiger partial charge is 0.314 e. The standard InChI is InChI=1S/C18H33N3/c1-5-13-19-17(6-2)12-9-14-21(7-3)15-18-11-8-10-16(4)20-18/h8,10-11,17,19H,5-7,9,12-15H2,1-4H3. The summed E-state index contributed by atoms with van der Waals surface area (Å²) >= 11 is 0. The molecular formula is C18H33N3. The Labute approximate surface area is 131 Å². The summed E-state index contributed by atoms with van der Waals surface area (Å²) in [6.45, 7) is 13.2. The Kier molecular flexibility index (Phi) is 9.27. The van der Waals surface area contributed by atoms with Crippen LogP contribution in [0.25, 0.3) is 0 Å². The van der Waals surface area contributed by atoms with E-state index in [2.05, 4.69) is 61.1 Å². The first-order valence-corrected chi connectivity index (χ1v) is 8.57. The van der Waals surface area contributed by atoms with Crippen LogP contribution < -0.4 is 5.32 Å². The third-order valence-corrected chi connectivity index (χ3v) is 3.98. The van der Waals surface area contributed by atoms with Gasteiger partial charge >= 0.3 is 0 Å². The van der Waals surface area contributed by atoms with E-state index in [-0.39, 0.29) is 0 Å². The van der Waals surface area contributed by atoms with E-state index in [1.165, 1.54) is 31.4 Å². The van der Waals surface area contributed by atoms with E-state index in [4.69, 9.17) is 0 Å². The van der Waals surface area contributed by atoms with Gasteiger partial charge in [0.15, 0.2) is 0 Å². The Morgan fingerprint density at radius 2 is 2.05 bits per heavy atom. The van der Waals surface area contributed by atoms with Gasteiger partial charge in [0.05, 0.1) is 5.69 Å². The van der Waals surface area contributed by atoms with Gasteiger partial charge in [0, 0.05) is 18.3 Å². The van der Waals surface area contributed by atoms with Crippen LogP contribution in [0.1, 0.15) is 57.8 Å². The molecule has 0 fully saturated rings. The number of aryl methyl sites for hydroxylation is 1. The van der Waals surface area contributed by atoms with Crippen molar-refractivity contribution >= 4 is 0 Å². The summed E-state index contributed by atoms with van der Waals surface area (Å²) in [5.74, 6) is 0. The van der Waals surface area contributed by atoms with Crippen molar-refractivity contribution in [3.05, 3.63) is 29.6 Å². The SMILES string of the molecule is CCCNC(CC)CCCN(CC)Cc1cccc(C)n1. The van der Waals surface area contributed by atoms with Crippen LogP contribution in [-0.4, -0.2) is 35.6 Å². The molecule has 0 radical (unpaired) electrons. The lowest BCUT2D eigenvalue weighted by atomic mass is 10.1. The molecule has 3 nitrogen and oxygen atoms in total. The summed E-state index contributed by atoms with van der Waals surface area (Å²) in [5.41, 5.74) is 2.30. The highest BCUT2D eigenvalue weighted by atomic mass is 15.1. The topological polar surface area (TPSA) is 28.2 Å². The number of pyridine rings is 1. The minimum atomic E-state index is 0.681. The van der Waals surface area contributed by atoms with Gasteiger partial charge in [-0.2, -0.15) is 0 Å². The van der Waals surface area contributed by atoms with E-state index in [9.17, 15) is 0 Å². The van der Waals surface area contributed by atoms with Crippen molar-refractivity contribution in [2.45, 2.75) is 66.0 Å². The molecule has 1 aromatic heterocycles. The summed E-state index contributed by atoms with van der Waals surface area (Å²) in [7, 11) is 0. The zero-order valence-corrected chi connectivity index (χ0v) is 14.4. The van der Waals surface area contributed by atoms with E-state index in [0.29, 0.717) is 6.04 Å². The molecule has 0 aliphatic heterocycles. The lowest BCUT2D eigenvalue weighted by Crippen LogP contribution is -2.31. The van der Waals surface area contributed by atoms with Gasteiger partial charge in [0.2, 0.25) is 0 Å². The van der Waals surface area contributed by atoms with Gasteiger partial charge in [-0.1, -0.05) is 26.8 Å². The molecule has 0 amide bonds. The van der Waals surface area contributed by atoms with Gasteiger partial charge in [-0.3, -0.25) is 9.88 Å². The molecule has 1 atom stereocenters. The van der Waals surface area contributed by atoms with Crippen LogP contribution in [0.2, 0.25) is 0 Å². The van der Waals surface area contributed by atoms with Gasteiger partial charge in [-0.25, -0.2) is 0 Å². The molecule has 1 unspecified atom stereocenters. The second-order valence-corrected chi connectivity index (χ2v) is 5.84. The lowest BCUT2D eigenvalue weighted by Gasteiger charge is -2.22. The van der Waals surface area contributed by atoms with Crippen molar-refractivity contribution in [3.63, 3.8) is 0 Å². The van der Waals surface area contributed by atoms with E-state index in [1.54, 1.807) is 0 Å². The average Bonchev–Trinajstić information content (AvgIpc) is 2.49. The number of nitrogens with one attached hydrogen (secondary N) is 1. The maximum absolute atomic E-state index is 4.61. The quantitative estimate of drug-likeness (QED) is 0.672. The fraction of sp³-hybridized carbons (Fsp3) is 0.722. The van der Waals surface area contributed by atoms with E-state index in [1.807, 2.05) is 0 Å². The number of nitrogens with zero attached hydrogens (tertiary/aromatic N) is 2. The molecule has 0 saturated heterocycles. The van der Waals surface area contributed by atoms with Crippen molar-refractivity contribution in [1.82, 2.24) is 15.2 Å². The van der Waals surface area contributed by atoms with Crippen LogP contribution in [0, 0.1) is 6.92 Å². The first-order chi connectivity index (χ1) is 10.2. The van der Waals surface area contributed by atoms with Gasteiger partial charge in [-0.15, -0.1) is 0 Å². The van der Waals surface area contributed by atoms with Gasteiger partial charge in [0.25, 0.3) is 0 Å². The minimum Gasteiger partial charge on any atom is -0.314 e. The Morgan fingerprint density at radius 1 is 1.24 bits per heavy atom. The smallest absolute Gasteiger partial charge is 0.0547 e. The molecule has 1 aromatic rings. The fourth-order valence-corrected chi connectivity index (χ4v) is 2.63. The normalized spacial score (nSPS) is 12.8. The van der Waals surface area contributed by atoms with Crippen LogP contribution in [0.3, 0.4) is 0 Å². The highest BCUT2D eigenvalue weighted by Gasteiger charge is 2.08. The Balaban J connectivity index is 2.33. The molecular weight excluding hydrogens is 258 g/mol. The fourth-order valence-electron chi connectivity index (χ4n) is 2.63. The second kappa shape index (κ2) is 10.7. The van der Waals surface area contributed by atoms with Crippen LogP contribution >= 0.6 is 0 Å². The number of hydrogen-bond donors (Lipinski definition) is 1. The predicted molar refractivity (Wildman–Crippen MR) is 91.5 cm³/mol. The van der Waals surface area contributed by atoms with Crippen molar-refractivity contribution in [2.24, 2.45) is 0 Å². The van der Waals surface area contributed by atoms with E-state index < -0.39 is 0 Å². The zero-order valence-electron chi connectivity index (χ0n) is 14.4. The Bertz CT molecular complexity index is 378. The van der Waals surface area contributed by atoms with Crippen LogP contribution in [0.4, 0.5) is 0 Å². The van der Waals surface area contributed by atoms with Crippen molar-refractivity contribution in [1.29, 1.82) is 0 Å². The number of rotatable bonds is 11. The summed E-state index contributed by atoms with van der Waals surface area (Å²) in [6.07, 6.45) is 4.98. The van der Waals surface area contributed by atoms with E-state index >= 15 is 0 Å². The first kappa shape index (κ1) is 18.1. The van der Waals surface area contributed by atoms with Crippen molar-refractivity contribution in [3.8, 4) is 0 Å². The maximum Gasteiger partial charge on any atom is 0.0547 e. The molecule has 0 bridgehead atoms. The molecule has 0 spiro atoms. The molecule has 21 heavy (non-hydrogen) atoms. The molecule has 0 aliphatic carbocycles. The van der Waals surface area contributed by atoms with Gasteiger partial charge < -0.3 is 5.32 Å². The molecule has 0 aromatic carbocycles. The van der Waals surface area contributed by atoms with Crippen LogP contribution in [0.15, 0.2) is 18.2 Å². The van der Waals surface area contributed by atoms with Crippen molar-refractivity contribution < 1.29 is 0 Å². The Hall–Kier alpha value is -0.930. The molecule has 3 heteroatoms. The average molecular weight is 291 g/mol. The second-order valence-electron chi connectivity index (χ2n) is 5.84. The summed E-state index contributed by atoms with van der Waals surface area (Å²) < 4.78 is 0. The Morgan fingerprint density at radius 3 is 2.67 bits per heavy atom.